The number of nitrogens with one attached hydrogen (secondary N) is 1. The molecule has 0 aromatic heterocycles. The lowest BCUT2D eigenvalue weighted by atomic mass is 9.92. The molecular formula is C20H41NO. The summed E-state index contributed by atoms with van der Waals surface area (Å²) in [5, 5.41) is 3.04. The minimum Gasteiger partial charge on any atom is -0.356 e. The van der Waals surface area contributed by atoms with Crippen LogP contribution in [0.2, 0.25) is 0 Å². The summed E-state index contributed by atoms with van der Waals surface area (Å²) in [7, 11) is 0. The summed E-state index contributed by atoms with van der Waals surface area (Å²) in [5.41, 5.74) is 0.309. The fourth-order valence-corrected chi connectivity index (χ4v) is 2.62. The maximum Gasteiger partial charge on any atom is 0.219 e. The summed E-state index contributed by atoms with van der Waals surface area (Å²) >= 11 is 0. The topological polar surface area (TPSA) is 29.1 Å². The van der Waals surface area contributed by atoms with Crippen molar-refractivity contribution in [3.63, 3.8) is 0 Å². The molecule has 0 unspecified atom stereocenters. The highest BCUT2D eigenvalue weighted by atomic mass is 16.1. The standard InChI is InChI=1S/C20H41NO/c1-5-6-7-8-9-10-11-12-13-14-15-16-19(22)21-18-17-20(2,3)4/h5-18H2,1-4H3,(H,21,22). The Bertz CT molecular complexity index is 255. The summed E-state index contributed by atoms with van der Waals surface area (Å²) in [6.07, 6.45) is 16.4. The molecule has 0 fully saturated rings. The van der Waals surface area contributed by atoms with Gasteiger partial charge in [0, 0.05) is 13.0 Å². The van der Waals surface area contributed by atoms with E-state index >= 15 is 0 Å². The molecule has 1 N–H and O–H groups in total. The Morgan fingerprint density at radius 2 is 1.23 bits per heavy atom. The number of hydrogen-bond acceptors (Lipinski definition) is 1. The number of unbranched alkanes of at least 4 members (excludes halogenated alkanes) is 10. The van der Waals surface area contributed by atoms with Crippen LogP contribution >= 0.6 is 0 Å². The number of amides is 1. The first-order valence-corrected chi connectivity index (χ1v) is 9.72. The molecule has 0 radical (unpaired) electrons. The van der Waals surface area contributed by atoms with E-state index in [-0.39, 0.29) is 5.91 Å². The van der Waals surface area contributed by atoms with E-state index in [1.807, 2.05) is 0 Å². The fourth-order valence-electron chi connectivity index (χ4n) is 2.62. The van der Waals surface area contributed by atoms with Crippen molar-refractivity contribution in [2.24, 2.45) is 5.41 Å². The van der Waals surface area contributed by atoms with Gasteiger partial charge in [-0.25, -0.2) is 0 Å². The highest BCUT2D eigenvalue weighted by Crippen LogP contribution is 2.17. The number of hydrogen-bond donors (Lipinski definition) is 1. The minimum atomic E-state index is 0.236. The van der Waals surface area contributed by atoms with Gasteiger partial charge in [0.25, 0.3) is 0 Å². The summed E-state index contributed by atoms with van der Waals surface area (Å²) in [4.78, 5) is 11.7. The highest BCUT2D eigenvalue weighted by molar-refractivity contribution is 5.75. The van der Waals surface area contributed by atoms with E-state index in [4.69, 9.17) is 0 Å². The van der Waals surface area contributed by atoms with Crippen LogP contribution in [0.5, 0.6) is 0 Å². The van der Waals surface area contributed by atoms with Gasteiger partial charge in [0.05, 0.1) is 0 Å². The van der Waals surface area contributed by atoms with E-state index in [9.17, 15) is 4.79 Å². The third kappa shape index (κ3) is 17.5. The van der Waals surface area contributed by atoms with Crippen molar-refractivity contribution in [3.8, 4) is 0 Å². The normalized spacial score (nSPS) is 11.6. The van der Waals surface area contributed by atoms with Gasteiger partial charge in [-0.05, 0) is 18.3 Å². The predicted molar refractivity (Wildman–Crippen MR) is 98.2 cm³/mol. The molecule has 0 saturated heterocycles. The molecule has 0 heterocycles. The Morgan fingerprint density at radius 1 is 0.773 bits per heavy atom. The molecule has 22 heavy (non-hydrogen) atoms. The summed E-state index contributed by atoms with van der Waals surface area (Å²) in [6.45, 7) is 9.72. The third-order valence-electron chi connectivity index (χ3n) is 4.20. The number of rotatable bonds is 14. The van der Waals surface area contributed by atoms with Crippen LogP contribution in [0.3, 0.4) is 0 Å². The van der Waals surface area contributed by atoms with E-state index in [0.717, 1.165) is 19.4 Å². The largest absolute Gasteiger partial charge is 0.356 e. The molecule has 0 aliphatic carbocycles. The zero-order chi connectivity index (χ0) is 16.7. The van der Waals surface area contributed by atoms with Crippen LogP contribution in [0.25, 0.3) is 0 Å². The second kappa shape index (κ2) is 14.1. The first-order valence-electron chi connectivity index (χ1n) is 9.72. The minimum absolute atomic E-state index is 0.236. The van der Waals surface area contributed by atoms with Crippen molar-refractivity contribution in [2.75, 3.05) is 6.54 Å². The molecule has 0 aliphatic heterocycles. The Labute approximate surface area is 139 Å². The van der Waals surface area contributed by atoms with Gasteiger partial charge in [-0.15, -0.1) is 0 Å². The van der Waals surface area contributed by atoms with Gasteiger partial charge in [-0.1, -0.05) is 91.9 Å². The molecule has 2 nitrogen and oxygen atoms in total. The molecular weight excluding hydrogens is 270 g/mol. The van der Waals surface area contributed by atoms with E-state index in [1.165, 1.54) is 64.2 Å². The number of carbonyl (C=O) groups is 1. The van der Waals surface area contributed by atoms with E-state index in [2.05, 4.69) is 33.0 Å². The first kappa shape index (κ1) is 21.5. The number of carbonyl (C=O) groups excluding carboxylic acids is 1. The Balaban J connectivity index is 3.20. The average molecular weight is 312 g/mol. The van der Waals surface area contributed by atoms with Crippen molar-refractivity contribution >= 4 is 5.91 Å². The Hall–Kier alpha value is -0.530. The lowest BCUT2D eigenvalue weighted by Gasteiger charge is -2.17. The molecule has 0 bridgehead atoms. The summed E-state index contributed by atoms with van der Waals surface area (Å²) in [6, 6.07) is 0. The highest BCUT2D eigenvalue weighted by Gasteiger charge is 2.10. The Kier molecular flexibility index (Phi) is 13.7. The van der Waals surface area contributed by atoms with Crippen LogP contribution in [-0.4, -0.2) is 12.5 Å². The van der Waals surface area contributed by atoms with Crippen LogP contribution in [0.1, 0.15) is 111 Å². The summed E-state index contributed by atoms with van der Waals surface area (Å²) < 4.78 is 0. The maximum absolute atomic E-state index is 11.7. The van der Waals surface area contributed by atoms with Crippen LogP contribution in [0.15, 0.2) is 0 Å². The second-order valence-corrected chi connectivity index (χ2v) is 7.95. The fraction of sp³-hybridized carbons (Fsp3) is 0.950. The molecule has 0 aromatic carbocycles. The van der Waals surface area contributed by atoms with Crippen LogP contribution in [-0.2, 0) is 4.79 Å². The van der Waals surface area contributed by atoms with Crippen LogP contribution < -0.4 is 5.32 Å². The van der Waals surface area contributed by atoms with Gasteiger partial charge in [0.15, 0.2) is 0 Å². The van der Waals surface area contributed by atoms with E-state index in [1.54, 1.807) is 0 Å². The lowest BCUT2D eigenvalue weighted by Crippen LogP contribution is -2.26. The first-order chi connectivity index (χ1) is 10.5. The van der Waals surface area contributed by atoms with Gasteiger partial charge in [-0.3, -0.25) is 4.79 Å². The average Bonchev–Trinajstić information content (AvgIpc) is 2.43. The van der Waals surface area contributed by atoms with Crippen molar-refractivity contribution < 1.29 is 4.79 Å². The summed E-state index contributed by atoms with van der Waals surface area (Å²) in [5.74, 6) is 0.236. The molecule has 0 spiro atoms. The smallest absolute Gasteiger partial charge is 0.219 e. The predicted octanol–water partition coefficient (Wildman–Crippen LogP) is 6.24. The van der Waals surface area contributed by atoms with E-state index in [0.29, 0.717) is 11.8 Å². The quantitative estimate of drug-likeness (QED) is 0.378. The molecule has 132 valence electrons. The van der Waals surface area contributed by atoms with Crippen LogP contribution in [0, 0.1) is 5.41 Å². The molecule has 2 heteroatoms. The second-order valence-electron chi connectivity index (χ2n) is 7.95. The van der Waals surface area contributed by atoms with Gasteiger partial charge in [-0.2, -0.15) is 0 Å². The van der Waals surface area contributed by atoms with Crippen molar-refractivity contribution in [1.82, 2.24) is 5.32 Å². The molecule has 0 rings (SSSR count). The molecule has 1 amide bonds. The molecule has 0 aromatic rings. The van der Waals surface area contributed by atoms with Gasteiger partial charge in [0.2, 0.25) is 5.91 Å². The monoisotopic (exact) mass is 311 g/mol. The zero-order valence-electron chi connectivity index (χ0n) is 15.8. The van der Waals surface area contributed by atoms with Crippen LogP contribution in [0.4, 0.5) is 0 Å². The van der Waals surface area contributed by atoms with E-state index < -0.39 is 0 Å². The molecule has 0 aliphatic rings. The van der Waals surface area contributed by atoms with Crippen molar-refractivity contribution in [1.29, 1.82) is 0 Å². The molecule has 0 atom stereocenters. The SMILES string of the molecule is CCCCCCCCCCCCCC(=O)NCCC(C)(C)C. The zero-order valence-corrected chi connectivity index (χ0v) is 15.8. The Morgan fingerprint density at radius 3 is 1.68 bits per heavy atom. The lowest BCUT2D eigenvalue weighted by molar-refractivity contribution is -0.121. The van der Waals surface area contributed by atoms with Gasteiger partial charge >= 0.3 is 0 Å². The van der Waals surface area contributed by atoms with Crippen molar-refractivity contribution in [3.05, 3.63) is 0 Å². The maximum atomic E-state index is 11.7. The van der Waals surface area contributed by atoms with Gasteiger partial charge < -0.3 is 5.32 Å². The van der Waals surface area contributed by atoms with Gasteiger partial charge in [0.1, 0.15) is 0 Å². The third-order valence-corrected chi connectivity index (χ3v) is 4.20. The molecule has 0 saturated carbocycles. The van der Waals surface area contributed by atoms with Crippen molar-refractivity contribution in [2.45, 2.75) is 111 Å².